The molecule has 2 rings (SSSR count). The van der Waals surface area contributed by atoms with E-state index < -0.39 is 0 Å². The van der Waals surface area contributed by atoms with Gasteiger partial charge in [0, 0.05) is 11.0 Å². The average Bonchev–Trinajstić information content (AvgIpc) is 2.78. The number of aromatic nitrogens is 2. The summed E-state index contributed by atoms with van der Waals surface area (Å²) < 4.78 is 4.26. The molecular formula is C15H19Br2N3. The Hall–Kier alpha value is -0.650. The summed E-state index contributed by atoms with van der Waals surface area (Å²) in [5.74, 6) is 0. The molecular weight excluding hydrogens is 382 g/mol. The quantitative estimate of drug-likeness (QED) is 0.804. The molecule has 0 aliphatic rings. The summed E-state index contributed by atoms with van der Waals surface area (Å²) in [5.41, 5.74) is 3.63. The lowest BCUT2D eigenvalue weighted by molar-refractivity contribution is 0.532. The monoisotopic (exact) mass is 399 g/mol. The van der Waals surface area contributed by atoms with E-state index in [1.807, 2.05) is 13.2 Å². The van der Waals surface area contributed by atoms with Crippen LogP contribution in [-0.2, 0) is 6.54 Å². The third-order valence-electron chi connectivity index (χ3n) is 3.36. The van der Waals surface area contributed by atoms with Gasteiger partial charge in [0.25, 0.3) is 0 Å². The number of halogens is 2. The predicted octanol–water partition coefficient (Wildman–Crippen LogP) is 4.44. The first-order valence-corrected chi connectivity index (χ1v) is 8.32. The molecule has 1 aromatic heterocycles. The Labute approximate surface area is 137 Å². The van der Waals surface area contributed by atoms with Crippen molar-refractivity contribution in [1.82, 2.24) is 15.1 Å². The molecule has 1 atom stereocenters. The first kappa shape index (κ1) is 15.7. The van der Waals surface area contributed by atoms with Crippen molar-refractivity contribution in [2.45, 2.75) is 32.9 Å². The summed E-state index contributed by atoms with van der Waals surface area (Å²) in [6.45, 7) is 5.19. The SMILES string of the molecule is CCCn1ncc(Br)c1C(NC)c1cccc(C)c1Br. The van der Waals surface area contributed by atoms with Crippen LogP contribution in [0, 0.1) is 6.92 Å². The molecule has 1 aromatic carbocycles. The molecule has 0 saturated carbocycles. The van der Waals surface area contributed by atoms with E-state index in [9.17, 15) is 0 Å². The number of rotatable bonds is 5. The van der Waals surface area contributed by atoms with Gasteiger partial charge in [-0.1, -0.05) is 41.1 Å². The van der Waals surface area contributed by atoms with Crippen molar-refractivity contribution in [2.75, 3.05) is 7.05 Å². The second-order valence-electron chi connectivity index (χ2n) is 4.80. The second-order valence-corrected chi connectivity index (χ2v) is 6.45. The van der Waals surface area contributed by atoms with Gasteiger partial charge in [0.15, 0.2) is 0 Å². The molecule has 20 heavy (non-hydrogen) atoms. The van der Waals surface area contributed by atoms with Crippen LogP contribution < -0.4 is 5.32 Å². The Bertz CT molecular complexity index is 593. The number of benzene rings is 1. The number of nitrogens with one attached hydrogen (secondary N) is 1. The minimum Gasteiger partial charge on any atom is -0.308 e. The van der Waals surface area contributed by atoms with Crippen LogP contribution in [0.4, 0.5) is 0 Å². The van der Waals surface area contributed by atoms with Crippen LogP contribution in [0.3, 0.4) is 0 Å². The highest BCUT2D eigenvalue weighted by Gasteiger charge is 2.22. The first-order chi connectivity index (χ1) is 9.60. The molecule has 1 heterocycles. The fourth-order valence-electron chi connectivity index (χ4n) is 2.38. The Kier molecular flexibility index (Phi) is 5.41. The Morgan fingerprint density at radius 3 is 2.75 bits per heavy atom. The zero-order chi connectivity index (χ0) is 14.7. The molecule has 0 saturated heterocycles. The molecule has 0 aliphatic heterocycles. The van der Waals surface area contributed by atoms with Gasteiger partial charge in [0.05, 0.1) is 22.4 Å². The van der Waals surface area contributed by atoms with Gasteiger partial charge in [0.2, 0.25) is 0 Å². The molecule has 1 N–H and O–H groups in total. The normalized spacial score (nSPS) is 12.7. The maximum atomic E-state index is 4.47. The molecule has 108 valence electrons. The Morgan fingerprint density at radius 1 is 1.35 bits per heavy atom. The molecule has 0 fully saturated rings. The van der Waals surface area contributed by atoms with E-state index in [2.05, 4.69) is 79.0 Å². The van der Waals surface area contributed by atoms with Crippen LogP contribution >= 0.6 is 31.9 Å². The highest BCUT2D eigenvalue weighted by atomic mass is 79.9. The van der Waals surface area contributed by atoms with E-state index in [-0.39, 0.29) is 6.04 Å². The van der Waals surface area contributed by atoms with E-state index >= 15 is 0 Å². The van der Waals surface area contributed by atoms with E-state index in [0.717, 1.165) is 21.9 Å². The zero-order valence-corrected chi connectivity index (χ0v) is 15.1. The summed E-state index contributed by atoms with van der Waals surface area (Å²) in [6, 6.07) is 6.45. The van der Waals surface area contributed by atoms with Crippen molar-refractivity contribution < 1.29 is 0 Å². The molecule has 0 spiro atoms. The van der Waals surface area contributed by atoms with Crippen LogP contribution in [0.2, 0.25) is 0 Å². The van der Waals surface area contributed by atoms with Crippen LogP contribution in [0.15, 0.2) is 33.3 Å². The number of nitrogens with zero attached hydrogens (tertiary/aromatic N) is 2. The Balaban J connectivity index is 2.52. The Morgan fingerprint density at radius 2 is 2.10 bits per heavy atom. The maximum absolute atomic E-state index is 4.47. The molecule has 0 amide bonds. The lowest BCUT2D eigenvalue weighted by Crippen LogP contribution is -2.22. The number of aryl methyl sites for hydroxylation is 2. The third kappa shape index (κ3) is 3.00. The molecule has 5 heteroatoms. The summed E-state index contributed by atoms with van der Waals surface area (Å²) in [4.78, 5) is 0. The minimum atomic E-state index is 0.104. The highest BCUT2D eigenvalue weighted by Crippen LogP contribution is 2.34. The van der Waals surface area contributed by atoms with Gasteiger partial charge in [-0.3, -0.25) is 4.68 Å². The maximum Gasteiger partial charge on any atom is 0.0768 e. The van der Waals surface area contributed by atoms with Crippen molar-refractivity contribution in [1.29, 1.82) is 0 Å². The standard InChI is InChI=1S/C15H19Br2N3/c1-4-8-20-15(12(16)9-19-20)14(18-3)11-7-5-6-10(2)13(11)17/h5-7,9,14,18H,4,8H2,1-3H3. The molecule has 0 radical (unpaired) electrons. The van der Waals surface area contributed by atoms with Gasteiger partial charge in [-0.05, 0) is 47.4 Å². The summed E-state index contributed by atoms with van der Waals surface area (Å²) >= 11 is 7.34. The topological polar surface area (TPSA) is 29.9 Å². The third-order valence-corrected chi connectivity index (χ3v) is 5.06. The summed E-state index contributed by atoms with van der Waals surface area (Å²) in [7, 11) is 1.98. The van der Waals surface area contributed by atoms with Gasteiger partial charge in [-0.25, -0.2) is 0 Å². The van der Waals surface area contributed by atoms with Gasteiger partial charge < -0.3 is 5.32 Å². The smallest absolute Gasteiger partial charge is 0.0768 e. The predicted molar refractivity (Wildman–Crippen MR) is 90.0 cm³/mol. The van der Waals surface area contributed by atoms with Gasteiger partial charge in [-0.2, -0.15) is 5.10 Å². The van der Waals surface area contributed by atoms with Crippen LogP contribution in [0.25, 0.3) is 0 Å². The molecule has 3 nitrogen and oxygen atoms in total. The van der Waals surface area contributed by atoms with Crippen LogP contribution in [0.5, 0.6) is 0 Å². The van der Waals surface area contributed by atoms with Crippen molar-refractivity contribution in [3.63, 3.8) is 0 Å². The zero-order valence-electron chi connectivity index (χ0n) is 12.0. The fraction of sp³-hybridized carbons (Fsp3) is 0.400. The van der Waals surface area contributed by atoms with Crippen molar-refractivity contribution in [3.8, 4) is 0 Å². The second kappa shape index (κ2) is 6.87. The van der Waals surface area contributed by atoms with E-state index in [0.29, 0.717) is 0 Å². The lowest BCUT2D eigenvalue weighted by Gasteiger charge is -2.21. The average molecular weight is 401 g/mol. The molecule has 0 bridgehead atoms. The number of hydrogen-bond acceptors (Lipinski definition) is 2. The largest absolute Gasteiger partial charge is 0.308 e. The van der Waals surface area contributed by atoms with Crippen molar-refractivity contribution in [2.24, 2.45) is 0 Å². The molecule has 2 aromatic rings. The van der Waals surface area contributed by atoms with Crippen LogP contribution in [-0.4, -0.2) is 16.8 Å². The molecule has 0 aliphatic carbocycles. The van der Waals surface area contributed by atoms with Crippen LogP contribution in [0.1, 0.15) is 36.2 Å². The van der Waals surface area contributed by atoms with E-state index in [1.54, 1.807) is 0 Å². The van der Waals surface area contributed by atoms with E-state index in [4.69, 9.17) is 0 Å². The highest BCUT2D eigenvalue weighted by molar-refractivity contribution is 9.10. The fourth-order valence-corrected chi connectivity index (χ4v) is 3.40. The first-order valence-electron chi connectivity index (χ1n) is 6.73. The van der Waals surface area contributed by atoms with Gasteiger partial charge in [-0.15, -0.1) is 0 Å². The van der Waals surface area contributed by atoms with Gasteiger partial charge >= 0.3 is 0 Å². The van der Waals surface area contributed by atoms with E-state index in [1.165, 1.54) is 16.8 Å². The van der Waals surface area contributed by atoms with Crippen molar-refractivity contribution >= 4 is 31.9 Å². The minimum absolute atomic E-state index is 0.104. The lowest BCUT2D eigenvalue weighted by atomic mass is 10.0. The van der Waals surface area contributed by atoms with Gasteiger partial charge in [0.1, 0.15) is 0 Å². The van der Waals surface area contributed by atoms with Crippen molar-refractivity contribution in [3.05, 3.63) is 50.2 Å². The summed E-state index contributed by atoms with van der Waals surface area (Å²) in [5, 5.41) is 7.87. The summed E-state index contributed by atoms with van der Waals surface area (Å²) in [6.07, 6.45) is 2.94. The molecule has 1 unspecified atom stereocenters. The number of hydrogen-bond donors (Lipinski definition) is 1.